The SMILES string of the molecule is CCN(C(=O)CNC(=O)OC(C)(C)C)C(C(=O)NC(C)(C)C)c1ccc(C)cc1C. The smallest absolute Gasteiger partial charge is 0.408 e. The average molecular weight is 420 g/mol. The molecule has 168 valence electrons. The number of likely N-dealkylation sites (N-methyl/N-ethyl adjacent to an activating group) is 1. The first-order valence-corrected chi connectivity index (χ1v) is 10.3. The van der Waals surface area contributed by atoms with Crippen molar-refractivity contribution in [1.29, 1.82) is 0 Å². The van der Waals surface area contributed by atoms with Crippen LogP contribution in [0.5, 0.6) is 0 Å². The summed E-state index contributed by atoms with van der Waals surface area (Å²) < 4.78 is 5.19. The van der Waals surface area contributed by atoms with Crippen molar-refractivity contribution in [3.8, 4) is 0 Å². The number of hydrogen-bond donors (Lipinski definition) is 2. The predicted molar refractivity (Wildman–Crippen MR) is 118 cm³/mol. The van der Waals surface area contributed by atoms with Gasteiger partial charge in [-0.25, -0.2) is 4.79 Å². The molecule has 0 aromatic heterocycles. The molecule has 1 aromatic carbocycles. The largest absolute Gasteiger partial charge is 0.444 e. The van der Waals surface area contributed by atoms with Crippen LogP contribution in [-0.4, -0.2) is 47.0 Å². The summed E-state index contributed by atoms with van der Waals surface area (Å²) in [4.78, 5) is 39.6. The number of alkyl carbamates (subject to hydrolysis) is 1. The van der Waals surface area contributed by atoms with Crippen molar-refractivity contribution < 1.29 is 19.1 Å². The van der Waals surface area contributed by atoms with Crippen molar-refractivity contribution in [2.75, 3.05) is 13.1 Å². The van der Waals surface area contributed by atoms with Gasteiger partial charge in [0.1, 0.15) is 18.2 Å². The first-order valence-electron chi connectivity index (χ1n) is 10.3. The van der Waals surface area contributed by atoms with Crippen LogP contribution in [0, 0.1) is 13.8 Å². The fraction of sp³-hybridized carbons (Fsp3) is 0.609. The summed E-state index contributed by atoms with van der Waals surface area (Å²) in [5, 5.41) is 5.47. The Labute approximate surface area is 180 Å². The van der Waals surface area contributed by atoms with E-state index in [9.17, 15) is 14.4 Å². The number of benzene rings is 1. The lowest BCUT2D eigenvalue weighted by atomic mass is 9.96. The molecule has 1 rings (SSSR count). The molecule has 3 amide bonds. The first kappa shape index (κ1) is 25.5. The number of nitrogens with one attached hydrogen (secondary N) is 2. The van der Waals surface area contributed by atoms with E-state index in [0.29, 0.717) is 6.54 Å². The summed E-state index contributed by atoms with van der Waals surface area (Å²) >= 11 is 0. The molecule has 0 spiro atoms. The Morgan fingerprint density at radius 3 is 2.13 bits per heavy atom. The molecular weight excluding hydrogens is 382 g/mol. The molecule has 0 saturated carbocycles. The molecule has 0 aliphatic heterocycles. The molecule has 0 saturated heterocycles. The molecule has 0 fully saturated rings. The van der Waals surface area contributed by atoms with E-state index >= 15 is 0 Å². The third kappa shape index (κ3) is 8.05. The van der Waals surface area contributed by atoms with E-state index in [1.54, 1.807) is 20.8 Å². The number of rotatable bonds is 6. The molecule has 1 unspecified atom stereocenters. The highest BCUT2D eigenvalue weighted by atomic mass is 16.6. The van der Waals surface area contributed by atoms with Crippen LogP contribution in [0.4, 0.5) is 4.79 Å². The number of amides is 3. The van der Waals surface area contributed by atoms with Gasteiger partial charge in [-0.05, 0) is 73.4 Å². The van der Waals surface area contributed by atoms with Gasteiger partial charge in [0.25, 0.3) is 0 Å². The molecule has 0 aliphatic carbocycles. The Bertz CT molecular complexity index is 776. The zero-order valence-electron chi connectivity index (χ0n) is 19.8. The second-order valence-electron chi connectivity index (χ2n) is 9.54. The van der Waals surface area contributed by atoms with Crippen LogP contribution in [0.3, 0.4) is 0 Å². The zero-order chi connectivity index (χ0) is 23.3. The molecule has 2 N–H and O–H groups in total. The second-order valence-corrected chi connectivity index (χ2v) is 9.54. The molecule has 0 bridgehead atoms. The molecule has 0 heterocycles. The first-order chi connectivity index (χ1) is 13.6. The van der Waals surface area contributed by atoms with E-state index in [0.717, 1.165) is 16.7 Å². The standard InChI is InChI=1S/C23H37N3O4/c1-10-26(18(27)14-24-21(29)30-23(7,8)9)19(20(28)25-22(4,5)6)17-12-11-15(2)13-16(17)3/h11-13,19H,10,14H2,1-9H3,(H,24,29)(H,25,28). The highest BCUT2D eigenvalue weighted by Crippen LogP contribution is 2.26. The van der Waals surface area contributed by atoms with Gasteiger partial charge in [-0.1, -0.05) is 23.8 Å². The second kappa shape index (κ2) is 9.96. The normalized spacial score (nSPS) is 12.7. The van der Waals surface area contributed by atoms with Crippen LogP contribution in [0.2, 0.25) is 0 Å². The van der Waals surface area contributed by atoms with Gasteiger partial charge < -0.3 is 20.3 Å². The highest BCUT2D eigenvalue weighted by molar-refractivity contribution is 5.91. The number of aryl methyl sites for hydroxylation is 2. The maximum Gasteiger partial charge on any atom is 0.408 e. The van der Waals surface area contributed by atoms with Gasteiger partial charge in [0, 0.05) is 12.1 Å². The van der Waals surface area contributed by atoms with Crippen LogP contribution in [0.15, 0.2) is 18.2 Å². The van der Waals surface area contributed by atoms with Gasteiger partial charge in [0.05, 0.1) is 0 Å². The summed E-state index contributed by atoms with van der Waals surface area (Å²) in [6.07, 6.45) is -0.672. The van der Waals surface area contributed by atoms with Gasteiger partial charge in [-0.3, -0.25) is 9.59 Å². The minimum absolute atomic E-state index is 0.257. The van der Waals surface area contributed by atoms with Crippen LogP contribution in [0.25, 0.3) is 0 Å². The molecule has 7 heteroatoms. The number of nitrogens with zero attached hydrogens (tertiary/aromatic N) is 1. The molecule has 7 nitrogen and oxygen atoms in total. The van der Waals surface area contributed by atoms with Crippen LogP contribution < -0.4 is 10.6 Å². The van der Waals surface area contributed by atoms with Crippen LogP contribution >= 0.6 is 0 Å². The molecule has 0 aliphatic rings. The van der Waals surface area contributed by atoms with E-state index < -0.39 is 23.3 Å². The quantitative estimate of drug-likeness (QED) is 0.737. The van der Waals surface area contributed by atoms with Gasteiger partial charge >= 0.3 is 6.09 Å². The topological polar surface area (TPSA) is 87.7 Å². The number of carbonyl (C=O) groups excluding carboxylic acids is 3. The minimum Gasteiger partial charge on any atom is -0.444 e. The van der Waals surface area contributed by atoms with Gasteiger partial charge in [-0.2, -0.15) is 0 Å². The van der Waals surface area contributed by atoms with Gasteiger partial charge in [-0.15, -0.1) is 0 Å². The van der Waals surface area contributed by atoms with E-state index in [-0.39, 0.29) is 18.4 Å². The van der Waals surface area contributed by atoms with Crippen molar-refractivity contribution >= 4 is 17.9 Å². The maximum atomic E-state index is 13.2. The summed E-state index contributed by atoms with van der Waals surface area (Å²) in [5.74, 6) is -0.626. The lowest BCUT2D eigenvalue weighted by molar-refractivity contribution is -0.140. The molecular formula is C23H37N3O4. The Morgan fingerprint density at radius 2 is 1.67 bits per heavy atom. The molecule has 0 radical (unpaired) electrons. The van der Waals surface area contributed by atoms with Crippen molar-refractivity contribution in [2.24, 2.45) is 0 Å². The van der Waals surface area contributed by atoms with Crippen molar-refractivity contribution in [1.82, 2.24) is 15.5 Å². The fourth-order valence-electron chi connectivity index (χ4n) is 3.09. The van der Waals surface area contributed by atoms with E-state index in [1.165, 1.54) is 4.90 Å². The van der Waals surface area contributed by atoms with Crippen LogP contribution in [-0.2, 0) is 14.3 Å². The van der Waals surface area contributed by atoms with E-state index in [2.05, 4.69) is 10.6 Å². The number of ether oxygens (including phenoxy) is 1. The molecule has 1 atom stereocenters. The van der Waals surface area contributed by atoms with Crippen molar-refractivity contribution in [3.63, 3.8) is 0 Å². The number of carbonyl (C=O) groups is 3. The molecule has 30 heavy (non-hydrogen) atoms. The summed E-state index contributed by atoms with van der Waals surface area (Å²) in [6, 6.07) is 5.00. The highest BCUT2D eigenvalue weighted by Gasteiger charge is 2.33. The van der Waals surface area contributed by atoms with Gasteiger partial charge in [0.15, 0.2) is 0 Å². The summed E-state index contributed by atoms with van der Waals surface area (Å²) in [7, 11) is 0. The number of hydrogen-bond acceptors (Lipinski definition) is 4. The Balaban J connectivity index is 3.17. The third-order valence-electron chi connectivity index (χ3n) is 4.22. The average Bonchev–Trinajstić information content (AvgIpc) is 2.55. The maximum absolute atomic E-state index is 13.2. The zero-order valence-corrected chi connectivity index (χ0v) is 19.8. The monoisotopic (exact) mass is 419 g/mol. The van der Waals surface area contributed by atoms with E-state index in [1.807, 2.05) is 59.7 Å². The summed E-state index contributed by atoms with van der Waals surface area (Å²) in [6.45, 7) is 16.7. The van der Waals surface area contributed by atoms with Crippen molar-refractivity contribution in [2.45, 2.75) is 79.5 Å². The predicted octanol–water partition coefficient (Wildman–Crippen LogP) is 3.63. The summed E-state index contributed by atoms with van der Waals surface area (Å²) in [5.41, 5.74) is 1.65. The van der Waals surface area contributed by atoms with Crippen LogP contribution in [0.1, 0.15) is 71.2 Å². The Kier molecular flexibility index (Phi) is 8.45. The van der Waals surface area contributed by atoms with E-state index in [4.69, 9.17) is 4.74 Å². The fourth-order valence-corrected chi connectivity index (χ4v) is 3.09. The molecule has 1 aromatic rings. The Morgan fingerprint density at radius 1 is 1.07 bits per heavy atom. The lowest BCUT2D eigenvalue weighted by Crippen LogP contribution is -2.51. The lowest BCUT2D eigenvalue weighted by Gasteiger charge is -2.34. The Hall–Kier alpha value is -2.57. The van der Waals surface area contributed by atoms with Crippen molar-refractivity contribution in [3.05, 3.63) is 34.9 Å². The minimum atomic E-state index is -0.803. The third-order valence-corrected chi connectivity index (χ3v) is 4.22. The van der Waals surface area contributed by atoms with Gasteiger partial charge in [0.2, 0.25) is 11.8 Å².